The Balaban J connectivity index is 2.70. The van der Waals surface area contributed by atoms with Gasteiger partial charge in [-0.05, 0) is 47.1 Å². The zero-order chi connectivity index (χ0) is 16.5. The van der Waals surface area contributed by atoms with E-state index in [-0.39, 0.29) is 11.2 Å². The minimum Gasteiger partial charge on any atom is -0.206 e. The van der Waals surface area contributed by atoms with Crippen molar-refractivity contribution in [2.45, 2.75) is 40.5 Å². The third-order valence-corrected chi connectivity index (χ3v) is 4.49. The maximum absolute atomic E-state index is 14.4. The van der Waals surface area contributed by atoms with E-state index in [1.807, 2.05) is 37.3 Å². The molecule has 0 nitrogen and oxygen atoms in total. The largest absolute Gasteiger partial charge is 0.206 e. The predicted molar refractivity (Wildman–Crippen MR) is 94.5 cm³/mol. The molecule has 0 aliphatic rings. The highest BCUT2D eigenvalue weighted by Crippen LogP contribution is 2.40. The Hall–Kier alpha value is -1.89. The van der Waals surface area contributed by atoms with Crippen LogP contribution in [0.15, 0.2) is 43.0 Å². The molecule has 2 aromatic rings. The Labute approximate surface area is 133 Å². The lowest BCUT2D eigenvalue weighted by molar-refractivity contribution is 0.340. The van der Waals surface area contributed by atoms with Crippen molar-refractivity contribution in [1.82, 2.24) is 0 Å². The van der Waals surface area contributed by atoms with E-state index in [0.717, 1.165) is 16.7 Å². The number of benzene rings is 2. The van der Waals surface area contributed by atoms with E-state index in [4.69, 9.17) is 0 Å². The molecule has 0 aliphatic heterocycles. The Morgan fingerprint density at radius 1 is 1.05 bits per heavy atom. The van der Waals surface area contributed by atoms with Crippen molar-refractivity contribution in [3.63, 3.8) is 0 Å². The standard InChI is InChI=1S/C21H25F/c1-7-16-9-10-17(18(13-16)15(3)21(4,5)6)19-12-14(2)8-11-20(19)22/h7-13,15H,1H2,2-6H3. The molecule has 0 fully saturated rings. The van der Waals surface area contributed by atoms with Crippen molar-refractivity contribution < 1.29 is 4.39 Å². The summed E-state index contributed by atoms with van der Waals surface area (Å²) in [5, 5.41) is 0. The lowest BCUT2D eigenvalue weighted by Gasteiger charge is -2.30. The van der Waals surface area contributed by atoms with Gasteiger partial charge in [-0.25, -0.2) is 4.39 Å². The molecule has 0 saturated carbocycles. The van der Waals surface area contributed by atoms with Crippen LogP contribution in [0.4, 0.5) is 4.39 Å². The van der Waals surface area contributed by atoms with Crippen LogP contribution >= 0.6 is 0 Å². The van der Waals surface area contributed by atoms with Gasteiger partial charge in [0.05, 0.1) is 0 Å². The molecule has 0 aliphatic carbocycles. The Morgan fingerprint density at radius 3 is 2.32 bits per heavy atom. The molecule has 0 spiro atoms. The molecule has 0 radical (unpaired) electrons. The Morgan fingerprint density at radius 2 is 1.73 bits per heavy atom. The molecule has 2 aromatic carbocycles. The molecule has 0 N–H and O–H groups in total. The molecule has 2 rings (SSSR count). The smallest absolute Gasteiger partial charge is 0.131 e. The average molecular weight is 296 g/mol. The summed E-state index contributed by atoms with van der Waals surface area (Å²) in [6, 6.07) is 11.5. The summed E-state index contributed by atoms with van der Waals surface area (Å²) in [5.41, 5.74) is 5.08. The zero-order valence-corrected chi connectivity index (χ0v) is 14.2. The summed E-state index contributed by atoms with van der Waals surface area (Å²) >= 11 is 0. The van der Waals surface area contributed by atoms with Gasteiger partial charge in [-0.15, -0.1) is 0 Å². The van der Waals surface area contributed by atoms with Gasteiger partial charge in [-0.2, -0.15) is 0 Å². The third kappa shape index (κ3) is 3.30. The Kier molecular flexibility index (Phi) is 4.55. The minimum absolute atomic E-state index is 0.106. The lowest BCUT2D eigenvalue weighted by atomic mass is 9.75. The first-order valence-electron chi connectivity index (χ1n) is 7.77. The molecule has 1 heteroatoms. The molecule has 0 aromatic heterocycles. The predicted octanol–water partition coefficient (Wildman–Crippen LogP) is 6.59. The second kappa shape index (κ2) is 6.08. The zero-order valence-electron chi connectivity index (χ0n) is 14.2. The molecule has 0 saturated heterocycles. The molecular formula is C21H25F. The van der Waals surface area contributed by atoms with Crippen LogP contribution in [-0.2, 0) is 0 Å². The summed E-state index contributed by atoms with van der Waals surface area (Å²) in [6.45, 7) is 14.7. The van der Waals surface area contributed by atoms with Crippen LogP contribution in [0.25, 0.3) is 17.2 Å². The summed E-state index contributed by atoms with van der Waals surface area (Å²) < 4.78 is 14.4. The molecule has 22 heavy (non-hydrogen) atoms. The highest BCUT2D eigenvalue weighted by molar-refractivity contribution is 5.71. The van der Waals surface area contributed by atoms with E-state index < -0.39 is 0 Å². The first-order chi connectivity index (χ1) is 10.2. The van der Waals surface area contributed by atoms with E-state index in [0.29, 0.717) is 11.5 Å². The summed E-state index contributed by atoms with van der Waals surface area (Å²) in [4.78, 5) is 0. The van der Waals surface area contributed by atoms with Gasteiger partial charge in [0.15, 0.2) is 0 Å². The normalized spacial score (nSPS) is 13.0. The van der Waals surface area contributed by atoms with Crippen LogP contribution in [0.1, 0.15) is 50.3 Å². The van der Waals surface area contributed by atoms with Gasteiger partial charge in [0.1, 0.15) is 5.82 Å². The number of hydrogen-bond donors (Lipinski definition) is 0. The summed E-state index contributed by atoms with van der Waals surface area (Å²) in [5.74, 6) is 0.140. The molecule has 116 valence electrons. The van der Waals surface area contributed by atoms with Gasteiger partial charge < -0.3 is 0 Å². The van der Waals surface area contributed by atoms with Crippen molar-refractivity contribution >= 4 is 6.08 Å². The van der Waals surface area contributed by atoms with Gasteiger partial charge in [0, 0.05) is 5.56 Å². The second-order valence-electron chi connectivity index (χ2n) is 7.12. The third-order valence-electron chi connectivity index (χ3n) is 4.49. The molecule has 0 amide bonds. The van der Waals surface area contributed by atoms with Crippen LogP contribution in [0.3, 0.4) is 0 Å². The van der Waals surface area contributed by atoms with E-state index >= 15 is 0 Å². The Bertz CT molecular complexity index is 690. The molecule has 1 unspecified atom stereocenters. The van der Waals surface area contributed by atoms with Crippen LogP contribution in [0, 0.1) is 18.2 Å². The molecule has 1 atom stereocenters. The maximum Gasteiger partial charge on any atom is 0.131 e. The monoisotopic (exact) mass is 296 g/mol. The fourth-order valence-electron chi connectivity index (χ4n) is 2.62. The van der Waals surface area contributed by atoms with E-state index in [9.17, 15) is 4.39 Å². The molecule has 0 heterocycles. The fraction of sp³-hybridized carbons (Fsp3) is 0.333. The van der Waals surface area contributed by atoms with Crippen molar-refractivity contribution in [1.29, 1.82) is 0 Å². The second-order valence-corrected chi connectivity index (χ2v) is 7.12. The quantitative estimate of drug-likeness (QED) is 0.599. The van der Waals surface area contributed by atoms with Gasteiger partial charge in [-0.3, -0.25) is 0 Å². The lowest BCUT2D eigenvalue weighted by Crippen LogP contribution is -2.16. The fourth-order valence-corrected chi connectivity index (χ4v) is 2.62. The van der Waals surface area contributed by atoms with E-state index in [1.165, 1.54) is 5.56 Å². The highest BCUT2D eigenvalue weighted by atomic mass is 19.1. The SMILES string of the molecule is C=Cc1ccc(-c2cc(C)ccc2F)c(C(C)C(C)(C)C)c1. The number of hydrogen-bond acceptors (Lipinski definition) is 0. The highest BCUT2D eigenvalue weighted by Gasteiger charge is 2.25. The van der Waals surface area contributed by atoms with E-state index in [1.54, 1.807) is 6.07 Å². The molecule has 0 bridgehead atoms. The topological polar surface area (TPSA) is 0 Å². The van der Waals surface area contributed by atoms with Crippen molar-refractivity contribution in [3.8, 4) is 11.1 Å². The van der Waals surface area contributed by atoms with Gasteiger partial charge in [0.25, 0.3) is 0 Å². The van der Waals surface area contributed by atoms with Gasteiger partial charge in [0.2, 0.25) is 0 Å². The van der Waals surface area contributed by atoms with Crippen LogP contribution in [0.5, 0.6) is 0 Å². The van der Waals surface area contributed by atoms with Gasteiger partial charge >= 0.3 is 0 Å². The van der Waals surface area contributed by atoms with Crippen molar-refractivity contribution in [2.24, 2.45) is 5.41 Å². The first-order valence-corrected chi connectivity index (χ1v) is 7.77. The van der Waals surface area contributed by atoms with Crippen LogP contribution in [0.2, 0.25) is 0 Å². The van der Waals surface area contributed by atoms with Crippen LogP contribution < -0.4 is 0 Å². The van der Waals surface area contributed by atoms with E-state index in [2.05, 4.69) is 40.3 Å². The number of aryl methyl sites for hydroxylation is 1. The van der Waals surface area contributed by atoms with Crippen molar-refractivity contribution in [2.75, 3.05) is 0 Å². The summed E-state index contributed by atoms with van der Waals surface area (Å²) in [6.07, 6.45) is 1.84. The summed E-state index contributed by atoms with van der Waals surface area (Å²) in [7, 11) is 0. The first kappa shape index (κ1) is 16.5. The van der Waals surface area contributed by atoms with Gasteiger partial charge in [-0.1, -0.05) is 70.2 Å². The number of halogens is 1. The van der Waals surface area contributed by atoms with Crippen molar-refractivity contribution in [3.05, 3.63) is 65.5 Å². The number of rotatable bonds is 3. The molecular weight excluding hydrogens is 271 g/mol. The van der Waals surface area contributed by atoms with Crippen LogP contribution in [-0.4, -0.2) is 0 Å². The average Bonchev–Trinajstić information content (AvgIpc) is 2.47. The maximum atomic E-state index is 14.4. The minimum atomic E-state index is -0.167.